The molecule has 2 bridgehead atoms. The van der Waals surface area contributed by atoms with Gasteiger partial charge in [0.15, 0.2) is 0 Å². The van der Waals surface area contributed by atoms with Crippen molar-refractivity contribution in [3.63, 3.8) is 0 Å². The fourth-order valence-electron chi connectivity index (χ4n) is 4.99. The van der Waals surface area contributed by atoms with Crippen molar-refractivity contribution in [1.82, 2.24) is 24.9 Å². The van der Waals surface area contributed by atoms with Crippen LogP contribution in [0.2, 0.25) is 0 Å². The lowest BCUT2D eigenvalue weighted by Gasteiger charge is -2.26. The number of fused-ring (bicyclic) bond motifs is 3. The second kappa shape index (κ2) is 6.22. The van der Waals surface area contributed by atoms with E-state index in [0.717, 1.165) is 47.8 Å². The summed E-state index contributed by atoms with van der Waals surface area (Å²) in [5.41, 5.74) is 3.39. The number of hydrogen-bond acceptors (Lipinski definition) is 3. The van der Waals surface area contributed by atoms with E-state index in [0.29, 0.717) is 23.9 Å². The van der Waals surface area contributed by atoms with E-state index in [-0.39, 0.29) is 5.92 Å². The highest BCUT2D eigenvalue weighted by Gasteiger charge is 2.48. The van der Waals surface area contributed by atoms with Crippen LogP contribution in [-0.2, 0) is 11.3 Å². The first kappa shape index (κ1) is 16.5. The Kier molecular flexibility index (Phi) is 3.81. The average Bonchev–Trinajstić information content (AvgIpc) is 3.44. The van der Waals surface area contributed by atoms with Crippen molar-refractivity contribution in [2.75, 3.05) is 0 Å². The largest absolute Gasteiger partial charge is 0.336 e. The first-order chi connectivity index (χ1) is 13.1. The standard InChI is InChI=1S/C21H25N5O/c1-13(2)21(27)26-18-4-6-20(26)16(8-18)12-25-19-5-3-14(7-15(19)11-24-25)17-9-22-23-10-17/h3,5,7,9-11,13,16,18,20H,4,6,8,12H2,1-2H3,(H,22,23). The molecule has 2 aliphatic rings. The fraction of sp³-hybridized carbons (Fsp3) is 0.476. The van der Waals surface area contributed by atoms with Crippen LogP contribution in [0.5, 0.6) is 0 Å². The van der Waals surface area contributed by atoms with Gasteiger partial charge >= 0.3 is 0 Å². The number of H-pyrrole nitrogens is 1. The van der Waals surface area contributed by atoms with Gasteiger partial charge in [0.25, 0.3) is 0 Å². The first-order valence-corrected chi connectivity index (χ1v) is 9.88. The van der Waals surface area contributed by atoms with Crippen LogP contribution in [0.3, 0.4) is 0 Å². The Balaban J connectivity index is 1.39. The number of nitrogens with one attached hydrogen (secondary N) is 1. The molecule has 140 valence electrons. The number of carbonyl (C=O) groups is 1. The van der Waals surface area contributed by atoms with E-state index in [9.17, 15) is 4.79 Å². The zero-order valence-corrected chi connectivity index (χ0v) is 15.8. The minimum Gasteiger partial charge on any atom is -0.336 e. The molecule has 0 saturated carbocycles. The summed E-state index contributed by atoms with van der Waals surface area (Å²) in [7, 11) is 0. The summed E-state index contributed by atoms with van der Waals surface area (Å²) >= 11 is 0. The Labute approximate surface area is 158 Å². The molecule has 2 saturated heterocycles. The topological polar surface area (TPSA) is 66.8 Å². The summed E-state index contributed by atoms with van der Waals surface area (Å²) in [5.74, 6) is 0.905. The van der Waals surface area contributed by atoms with Crippen LogP contribution >= 0.6 is 0 Å². The van der Waals surface area contributed by atoms with Crippen molar-refractivity contribution in [2.45, 2.75) is 51.7 Å². The molecular weight excluding hydrogens is 338 g/mol. The molecule has 27 heavy (non-hydrogen) atoms. The summed E-state index contributed by atoms with van der Waals surface area (Å²) in [5, 5.41) is 12.7. The quantitative estimate of drug-likeness (QED) is 0.772. The third-order valence-electron chi connectivity index (χ3n) is 6.29. The second-order valence-electron chi connectivity index (χ2n) is 8.28. The van der Waals surface area contributed by atoms with E-state index in [1.54, 1.807) is 0 Å². The molecule has 3 aromatic rings. The molecule has 1 amide bonds. The van der Waals surface area contributed by atoms with Crippen molar-refractivity contribution in [2.24, 2.45) is 11.8 Å². The highest BCUT2D eigenvalue weighted by Crippen LogP contribution is 2.43. The predicted octanol–water partition coefficient (Wildman–Crippen LogP) is 3.46. The molecular formula is C21H25N5O. The maximum Gasteiger partial charge on any atom is 0.225 e. The lowest BCUT2D eigenvalue weighted by Crippen LogP contribution is -2.39. The third-order valence-corrected chi connectivity index (χ3v) is 6.29. The van der Waals surface area contributed by atoms with Gasteiger partial charge in [-0.05, 0) is 37.0 Å². The highest BCUT2D eigenvalue weighted by atomic mass is 16.2. The molecule has 0 aliphatic carbocycles. The van der Waals surface area contributed by atoms with Gasteiger partial charge < -0.3 is 4.90 Å². The van der Waals surface area contributed by atoms with Gasteiger partial charge in [0.2, 0.25) is 5.91 Å². The van der Waals surface area contributed by atoms with Gasteiger partial charge in [-0.3, -0.25) is 14.6 Å². The van der Waals surface area contributed by atoms with Gasteiger partial charge in [-0.15, -0.1) is 0 Å². The van der Waals surface area contributed by atoms with Gasteiger partial charge in [0, 0.05) is 47.6 Å². The summed E-state index contributed by atoms with van der Waals surface area (Å²) < 4.78 is 2.12. The number of rotatable bonds is 4. The number of nitrogens with zero attached hydrogens (tertiary/aromatic N) is 4. The second-order valence-corrected chi connectivity index (χ2v) is 8.28. The van der Waals surface area contributed by atoms with E-state index < -0.39 is 0 Å². The van der Waals surface area contributed by atoms with Crippen molar-refractivity contribution in [1.29, 1.82) is 0 Å². The fourth-order valence-corrected chi connectivity index (χ4v) is 4.99. The molecule has 3 unspecified atom stereocenters. The van der Waals surface area contributed by atoms with Crippen LogP contribution in [0.25, 0.3) is 22.0 Å². The molecule has 0 radical (unpaired) electrons. The lowest BCUT2D eigenvalue weighted by atomic mass is 9.89. The maximum atomic E-state index is 12.6. The number of aromatic amines is 1. The van der Waals surface area contributed by atoms with Gasteiger partial charge in [-0.2, -0.15) is 10.2 Å². The Bertz CT molecular complexity index is 974. The number of benzene rings is 1. The molecule has 2 aromatic heterocycles. The highest BCUT2D eigenvalue weighted by molar-refractivity contribution is 5.84. The molecule has 5 rings (SSSR count). The summed E-state index contributed by atoms with van der Waals surface area (Å²) in [6.45, 7) is 4.90. The van der Waals surface area contributed by atoms with Gasteiger partial charge in [0.1, 0.15) is 0 Å². The number of aromatic nitrogens is 4. The Morgan fingerprint density at radius 3 is 2.93 bits per heavy atom. The van der Waals surface area contributed by atoms with E-state index in [1.807, 2.05) is 32.4 Å². The van der Waals surface area contributed by atoms with Crippen molar-refractivity contribution < 1.29 is 4.79 Å². The number of amides is 1. The zero-order valence-electron chi connectivity index (χ0n) is 15.8. The van der Waals surface area contributed by atoms with Crippen LogP contribution in [0, 0.1) is 11.8 Å². The Morgan fingerprint density at radius 1 is 1.26 bits per heavy atom. The molecule has 6 nitrogen and oxygen atoms in total. The smallest absolute Gasteiger partial charge is 0.225 e. The van der Waals surface area contributed by atoms with Crippen LogP contribution < -0.4 is 0 Å². The maximum absolute atomic E-state index is 12.6. The molecule has 2 aliphatic heterocycles. The molecule has 3 atom stereocenters. The third kappa shape index (κ3) is 2.66. The number of carbonyl (C=O) groups excluding carboxylic acids is 1. The summed E-state index contributed by atoms with van der Waals surface area (Å²) in [6, 6.07) is 7.26. The average molecular weight is 363 g/mol. The van der Waals surface area contributed by atoms with Crippen LogP contribution in [0.4, 0.5) is 0 Å². The van der Waals surface area contributed by atoms with Crippen LogP contribution in [-0.4, -0.2) is 42.9 Å². The van der Waals surface area contributed by atoms with E-state index >= 15 is 0 Å². The van der Waals surface area contributed by atoms with Crippen molar-refractivity contribution in [3.8, 4) is 11.1 Å². The van der Waals surface area contributed by atoms with E-state index in [1.165, 1.54) is 0 Å². The van der Waals surface area contributed by atoms with Gasteiger partial charge in [0.05, 0.1) is 17.9 Å². The molecule has 0 spiro atoms. The molecule has 4 heterocycles. The molecule has 1 N–H and O–H groups in total. The minimum atomic E-state index is 0.0822. The van der Waals surface area contributed by atoms with E-state index in [2.05, 4.69) is 43.1 Å². The van der Waals surface area contributed by atoms with Crippen molar-refractivity contribution in [3.05, 3.63) is 36.8 Å². The molecule has 2 fully saturated rings. The lowest BCUT2D eigenvalue weighted by molar-refractivity contribution is -0.135. The minimum absolute atomic E-state index is 0.0822. The normalized spacial score (nSPS) is 24.4. The van der Waals surface area contributed by atoms with Crippen LogP contribution in [0.15, 0.2) is 36.8 Å². The van der Waals surface area contributed by atoms with Crippen LogP contribution in [0.1, 0.15) is 33.1 Å². The van der Waals surface area contributed by atoms with Gasteiger partial charge in [-0.25, -0.2) is 0 Å². The Hall–Kier alpha value is -2.63. The zero-order chi connectivity index (χ0) is 18.5. The predicted molar refractivity (Wildman–Crippen MR) is 104 cm³/mol. The Morgan fingerprint density at radius 2 is 2.15 bits per heavy atom. The summed E-state index contributed by atoms with van der Waals surface area (Å²) in [4.78, 5) is 14.8. The van der Waals surface area contributed by atoms with Gasteiger partial charge in [-0.1, -0.05) is 19.9 Å². The first-order valence-electron chi connectivity index (χ1n) is 9.88. The summed E-state index contributed by atoms with van der Waals surface area (Å²) in [6.07, 6.45) is 9.09. The number of hydrogen-bond donors (Lipinski definition) is 1. The molecule has 1 aromatic carbocycles. The SMILES string of the molecule is CC(C)C(=O)N1C2CCC1C(Cn1ncc3cc(-c4cn[nH]c4)ccc31)C2. The molecule has 6 heteroatoms. The van der Waals surface area contributed by atoms with E-state index in [4.69, 9.17) is 0 Å². The van der Waals surface area contributed by atoms with Crippen molar-refractivity contribution >= 4 is 16.8 Å². The monoisotopic (exact) mass is 363 g/mol.